The first-order chi connectivity index (χ1) is 8.16. The predicted octanol–water partition coefficient (Wildman–Crippen LogP) is 3.38. The monoisotopic (exact) mass is 232 g/mol. The number of rotatable bonds is 1. The molecule has 3 rings (SSSR count). The van der Waals surface area contributed by atoms with E-state index in [2.05, 4.69) is 24.3 Å². The normalized spacial score (nSPS) is 43.0. The molecule has 1 fully saturated rings. The van der Waals surface area contributed by atoms with Crippen molar-refractivity contribution >= 4 is 5.97 Å². The summed E-state index contributed by atoms with van der Waals surface area (Å²) < 4.78 is 5.49. The molecule has 3 aliphatic carbocycles. The molecule has 0 atom stereocenters. The summed E-state index contributed by atoms with van der Waals surface area (Å²) in [5, 5.41) is 0. The standard InChI is InChI=1S/C15H20O2/c1-12(16)17-13-10-14-6-2-3-7-15(14,11-13)9-5-4-8-14/h2-5,13H,6-11H2,1H3. The Morgan fingerprint density at radius 1 is 1.00 bits per heavy atom. The van der Waals surface area contributed by atoms with Crippen LogP contribution in [0.1, 0.15) is 45.4 Å². The van der Waals surface area contributed by atoms with E-state index in [-0.39, 0.29) is 12.1 Å². The molecule has 0 heterocycles. The highest BCUT2D eigenvalue weighted by Gasteiger charge is 2.58. The maximum atomic E-state index is 11.2. The molecular formula is C15H20O2. The van der Waals surface area contributed by atoms with Gasteiger partial charge in [-0.1, -0.05) is 24.3 Å². The lowest BCUT2D eigenvalue weighted by Crippen LogP contribution is -2.39. The summed E-state index contributed by atoms with van der Waals surface area (Å²) >= 11 is 0. The van der Waals surface area contributed by atoms with Crippen molar-refractivity contribution in [2.24, 2.45) is 10.8 Å². The highest BCUT2D eigenvalue weighted by Crippen LogP contribution is 2.65. The zero-order valence-electron chi connectivity index (χ0n) is 10.4. The summed E-state index contributed by atoms with van der Waals surface area (Å²) in [4.78, 5) is 11.2. The van der Waals surface area contributed by atoms with Gasteiger partial charge in [0, 0.05) is 6.92 Å². The third-order valence-corrected chi connectivity index (χ3v) is 5.06. The number of esters is 1. The molecule has 0 N–H and O–H groups in total. The molecule has 0 unspecified atom stereocenters. The van der Waals surface area contributed by atoms with Crippen LogP contribution < -0.4 is 0 Å². The number of carbonyl (C=O) groups excluding carboxylic acids is 1. The van der Waals surface area contributed by atoms with Gasteiger partial charge in [0.15, 0.2) is 0 Å². The molecule has 0 amide bonds. The van der Waals surface area contributed by atoms with E-state index in [4.69, 9.17) is 4.74 Å². The zero-order valence-corrected chi connectivity index (χ0v) is 10.4. The van der Waals surface area contributed by atoms with E-state index in [0.29, 0.717) is 10.8 Å². The van der Waals surface area contributed by atoms with Crippen molar-refractivity contribution in [2.75, 3.05) is 0 Å². The Bertz CT molecular complexity index is 346. The van der Waals surface area contributed by atoms with E-state index < -0.39 is 0 Å². The van der Waals surface area contributed by atoms with Crippen molar-refractivity contribution in [1.82, 2.24) is 0 Å². The maximum absolute atomic E-state index is 11.2. The Hall–Kier alpha value is -1.05. The van der Waals surface area contributed by atoms with Crippen LogP contribution in [0, 0.1) is 10.8 Å². The first-order valence-corrected chi connectivity index (χ1v) is 6.63. The van der Waals surface area contributed by atoms with E-state index in [0.717, 1.165) is 38.5 Å². The van der Waals surface area contributed by atoms with Gasteiger partial charge in [0.25, 0.3) is 0 Å². The van der Waals surface area contributed by atoms with Gasteiger partial charge < -0.3 is 4.74 Å². The average molecular weight is 232 g/mol. The number of ether oxygens (including phenoxy) is 1. The van der Waals surface area contributed by atoms with Gasteiger partial charge in [-0.15, -0.1) is 0 Å². The lowest BCUT2D eigenvalue weighted by molar-refractivity contribution is -0.146. The van der Waals surface area contributed by atoms with E-state index in [1.54, 1.807) is 0 Å². The molecule has 0 aromatic carbocycles. The van der Waals surface area contributed by atoms with Gasteiger partial charge in [0.1, 0.15) is 6.10 Å². The molecule has 0 aromatic heterocycles. The van der Waals surface area contributed by atoms with Crippen LogP contribution in [0.15, 0.2) is 24.3 Å². The second kappa shape index (κ2) is 3.72. The third-order valence-electron chi connectivity index (χ3n) is 5.06. The summed E-state index contributed by atoms with van der Waals surface area (Å²) in [7, 11) is 0. The quantitative estimate of drug-likeness (QED) is 0.511. The molecule has 0 aliphatic heterocycles. The van der Waals surface area contributed by atoms with Gasteiger partial charge >= 0.3 is 5.97 Å². The van der Waals surface area contributed by atoms with Crippen LogP contribution in [0.25, 0.3) is 0 Å². The second-order valence-electron chi connectivity index (χ2n) is 5.96. The van der Waals surface area contributed by atoms with Gasteiger partial charge in [-0.2, -0.15) is 0 Å². The number of allylic oxidation sites excluding steroid dienone is 4. The summed E-state index contributed by atoms with van der Waals surface area (Å²) in [6.45, 7) is 1.53. The van der Waals surface area contributed by atoms with Crippen molar-refractivity contribution in [1.29, 1.82) is 0 Å². The number of hydrogen-bond donors (Lipinski definition) is 0. The van der Waals surface area contributed by atoms with Crippen LogP contribution in [0.3, 0.4) is 0 Å². The van der Waals surface area contributed by atoms with Gasteiger partial charge in [-0.05, 0) is 49.4 Å². The van der Waals surface area contributed by atoms with Crippen LogP contribution in [-0.2, 0) is 9.53 Å². The molecule has 2 nitrogen and oxygen atoms in total. The van der Waals surface area contributed by atoms with Crippen LogP contribution in [-0.4, -0.2) is 12.1 Å². The molecule has 17 heavy (non-hydrogen) atoms. The minimum Gasteiger partial charge on any atom is -0.463 e. The van der Waals surface area contributed by atoms with E-state index in [1.165, 1.54) is 6.92 Å². The molecule has 0 aromatic rings. The topological polar surface area (TPSA) is 26.3 Å². The largest absolute Gasteiger partial charge is 0.463 e. The first-order valence-electron chi connectivity index (χ1n) is 6.63. The minimum absolute atomic E-state index is 0.126. The second-order valence-corrected chi connectivity index (χ2v) is 5.96. The highest BCUT2D eigenvalue weighted by atomic mass is 16.5. The molecule has 92 valence electrons. The Morgan fingerprint density at radius 3 is 1.76 bits per heavy atom. The molecule has 3 aliphatic rings. The Balaban J connectivity index is 1.89. The van der Waals surface area contributed by atoms with Crippen molar-refractivity contribution in [3.8, 4) is 0 Å². The molecule has 1 saturated carbocycles. The summed E-state index contributed by atoms with van der Waals surface area (Å²) in [6.07, 6.45) is 16.2. The Labute approximate surface area is 103 Å². The van der Waals surface area contributed by atoms with E-state index in [9.17, 15) is 4.79 Å². The smallest absolute Gasteiger partial charge is 0.302 e. The summed E-state index contributed by atoms with van der Waals surface area (Å²) in [5.74, 6) is -0.126. The fraction of sp³-hybridized carbons (Fsp3) is 0.667. The molecule has 0 bridgehead atoms. The Morgan fingerprint density at radius 2 is 1.41 bits per heavy atom. The minimum atomic E-state index is -0.126. The highest BCUT2D eigenvalue weighted by molar-refractivity contribution is 5.66. The van der Waals surface area contributed by atoms with Crippen molar-refractivity contribution in [3.63, 3.8) is 0 Å². The first kappa shape index (κ1) is 11.1. The van der Waals surface area contributed by atoms with E-state index in [1.807, 2.05) is 0 Å². The van der Waals surface area contributed by atoms with Crippen molar-refractivity contribution in [3.05, 3.63) is 24.3 Å². The molecular weight excluding hydrogens is 212 g/mol. The van der Waals surface area contributed by atoms with Crippen molar-refractivity contribution in [2.45, 2.75) is 51.6 Å². The molecule has 0 radical (unpaired) electrons. The van der Waals surface area contributed by atoms with Gasteiger partial charge in [-0.3, -0.25) is 4.79 Å². The van der Waals surface area contributed by atoms with Crippen molar-refractivity contribution < 1.29 is 9.53 Å². The summed E-state index contributed by atoms with van der Waals surface area (Å²) in [6, 6.07) is 0. The van der Waals surface area contributed by atoms with Gasteiger partial charge in [-0.25, -0.2) is 0 Å². The summed E-state index contributed by atoms with van der Waals surface area (Å²) in [5.41, 5.74) is 0.743. The van der Waals surface area contributed by atoms with Crippen LogP contribution in [0.5, 0.6) is 0 Å². The third kappa shape index (κ3) is 1.57. The lowest BCUT2D eigenvalue weighted by Gasteiger charge is -2.49. The molecule has 0 saturated heterocycles. The van der Waals surface area contributed by atoms with Gasteiger partial charge in [0.2, 0.25) is 0 Å². The number of hydrogen-bond acceptors (Lipinski definition) is 2. The Kier molecular flexibility index (Phi) is 2.42. The van der Waals surface area contributed by atoms with E-state index >= 15 is 0 Å². The zero-order chi connectivity index (χ0) is 11.9. The predicted molar refractivity (Wildman–Crippen MR) is 66.4 cm³/mol. The van der Waals surface area contributed by atoms with Crippen LogP contribution in [0.4, 0.5) is 0 Å². The molecule has 2 heteroatoms. The fourth-order valence-electron chi connectivity index (χ4n) is 4.30. The van der Waals surface area contributed by atoms with Gasteiger partial charge in [0.05, 0.1) is 0 Å². The fourth-order valence-corrected chi connectivity index (χ4v) is 4.30. The lowest BCUT2D eigenvalue weighted by atomic mass is 9.55. The SMILES string of the molecule is CC(=O)OC1CC23CC=CCC2(CC=CC3)C1. The van der Waals surface area contributed by atoms with Crippen LogP contribution in [0.2, 0.25) is 0 Å². The number of carbonyl (C=O) groups is 1. The maximum Gasteiger partial charge on any atom is 0.302 e. The molecule has 0 spiro atoms. The average Bonchev–Trinajstić information content (AvgIpc) is 2.61. The van der Waals surface area contributed by atoms with Crippen LogP contribution >= 0.6 is 0 Å².